The molecule has 0 radical (unpaired) electrons. The number of aromatic nitrogens is 2. The van der Waals surface area contributed by atoms with Crippen LogP contribution in [0.4, 0.5) is 0 Å². The zero-order chi connectivity index (χ0) is 10.2. The highest BCUT2D eigenvalue weighted by Gasteiger charge is 2.13. The van der Waals surface area contributed by atoms with E-state index in [2.05, 4.69) is 4.98 Å². The summed E-state index contributed by atoms with van der Waals surface area (Å²) in [5.74, 6) is 0. The fourth-order valence-electron chi connectivity index (χ4n) is 0.927. The van der Waals surface area contributed by atoms with Crippen LogP contribution in [-0.4, -0.2) is 9.55 Å². The van der Waals surface area contributed by atoms with Crippen LogP contribution in [0.1, 0.15) is 27.8 Å². The molecule has 0 unspecified atom stereocenters. The number of aryl methyl sites for hydroxylation is 1. The number of nitrogens with zero attached hydrogens (tertiary/aromatic N) is 2. The predicted molar refractivity (Wildman–Crippen MR) is 48.2 cm³/mol. The molecule has 0 aliphatic heterocycles. The quantitative estimate of drug-likeness (QED) is 0.584. The van der Waals surface area contributed by atoms with Crippen molar-refractivity contribution in [2.24, 2.45) is 0 Å². The van der Waals surface area contributed by atoms with Crippen molar-refractivity contribution >= 4 is 0 Å². The van der Waals surface area contributed by atoms with E-state index in [1.807, 2.05) is 20.8 Å². The summed E-state index contributed by atoms with van der Waals surface area (Å²) < 4.78 is 9.01. The molecular formula is C9H14N2O. The van der Waals surface area contributed by atoms with Gasteiger partial charge in [-0.15, -0.1) is 0 Å². The molecule has 1 aromatic rings. The fraction of sp³-hybridized carbons (Fsp3) is 0.556. The molecular weight excluding hydrogens is 152 g/mol. The Balaban J connectivity index is 3.47. The fourth-order valence-corrected chi connectivity index (χ4v) is 0.927. The van der Waals surface area contributed by atoms with Gasteiger partial charge < -0.3 is 0 Å². The van der Waals surface area contributed by atoms with Crippen molar-refractivity contribution in [1.29, 1.82) is 0 Å². The molecule has 0 aliphatic carbocycles. The number of hydrogen-bond donors (Lipinski definition) is 0. The molecule has 12 heavy (non-hydrogen) atoms. The average Bonchev–Trinajstić information content (AvgIpc) is 1.78. The molecule has 0 aromatic carbocycles. The molecule has 0 atom stereocenters. The highest BCUT2D eigenvalue weighted by molar-refractivity contribution is 4.97. The molecule has 0 bridgehead atoms. The Labute approximate surface area is 73.5 Å². The van der Waals surface area contributed by atoms with Gasteiger partial charge in [0.05, 0.1) is 1.37 Å². The third-order valence-electron chi connectivity index (χ3n) is 1.54. The minimum absolute atomic E-state index is 0.213. The zero-order valence-electron chi connectivity index (χ0n) is 8.88. The van der Waals surface area contributed by atoms with E-state index in [1.54, 1.807) is 13.0 Å². The summed E-state index contributed by atoms with van der Waals surface area (Å²) in [6, 6.07) is 1.59. The molecule has 66 valence electrons. The van der Waals surface area contributed by atoms with Gasteiger partial charge in [-0.2, -0.15) is 4.98 Å². The lowest BCUT2D eigenvalue weighted by atomic mass is 10.1. The van der Waals surface area contributed by atoms with Crippen LogP contribution in [0, 0.1) is 6.92 Å². The smallest absolute Gasteiger partial charge is 0.294 e. The second-order valence-corrected chi connectivity index (χ2v) is 3.82. The van der Waals surface area contributed by atoms with Gasteiger partial charge in [0.25, 0.3) is 0 Å². The van der Waals surface area contributed by atoms with Crippen LogP contribution >= 0.6 is 0 Å². The summed E-state index contributed by atoms with van der Waals surface area (Å²) in [7, 11) is 0. The van der Waals surface area contributed by atoms with E-state index in [-0.39, 0.29) is 17.4 Å². The van der Waals surface area contributed by atoms with Gasteiger partial charge in [-0.25, -0.2) is 4.79 Å². The summed E-state index contributed by atoms with van der Waals surface area (Å²) in [5, 5.41) is 0. The van der Waals surface area contributed by atoms with Gasteiger partial charge >= 0.3 is 5.69 Å². The van der Waals surface area contributed by atoms with E-state index in [1.165, 1.54) is 4.57 Å². The molecule has 0 saturated heterocycles. The predicted octanol–water partition coefficient (Wildman–Crippen LogP) is 1.31. The molecule has 1 rings (SSSR count). The van der Waals surface area contributed by atoms with Gasteiger partial charge in [0.1, 0.15) is 0 Å². The van der Waals surface area contributed by atoms with E-state index in [0.717, 1.165) is 0 Å². The standard InChI is InChI=1S/C9H14N2O/c1-7-5-6-11(8(12)10-7)9(2,3)4/h5-6H,1-4H3/i6D. The van der Waals surface area contributed by atoms with Crippen LogP contribution in [0.5, 0.6) is 0 Å². The molecule has 0 fully saturated rings. The Morgan fingerprint density at radius 2 is 2.17 bits per heavy atom. The van der Waals surface area contributed by atoms with Crippen molar-refractivity contribution in [1.82, 2.24) is 9.55 Å². The molecule has 1 heterocycles. The van der Waals surface area contributed by atoms with E-state index >= 15 is 0 Å². The Bertz CT molecular complexity index is 376. The molecule has 0 spiro atoms. The van der Waals surface area contributed by atoms with Crippen LogP contribution < -0.4 is 5.69 Å². The van der Waals surface area contributed by atoms with Gasteiger partial charge in [0, 0.05) is 17.4 Å². The Morgan fingerprint density at radius 1 is 1.58 bits per heavy atom. The lowest BCUT2D eigenvalue weighted by Gasteiger charge is -2.21. The third kappa shape index (κ3) is 1.72. The molecule has 0 saturated carbocycles. The monoisotopic (exact) mass is 167 g/mol. The lowest BCUT2D eigenvalue weighted by molar-refractivity contribution is 0.376. The van der Waals surface area contributed by atoms with Crippen molar-refractivity contribution in [2.45, 2.75) is 33.2 Å². The minimum Gasteiger partial charge on any atom is -0.294 e. The first-order valence-corrected chi connectivity index (χ1v) is 3.90. The normalized spacial score (nSPS) is 12.8. The van der Waals surface area contributed by atoms with E-state index in [0.29, 0.717) is 5.69 Å². The first-order chi connectivity index (χ1) is 5.82. The molecule has 3 nitrogen and oxygen atoms in total. The summed E-state index contributed by atoms with van der Waals surface area (Å²) in [5.41, 5.74) is -0.137. The van der Waals surface area contributed by atoms with Crippen molar-refractivity contribution in [3.63, 3.8) is 0 Å². The van der Waals surface area contributed by atoms with Crippen molar-refractivity contribution in [3.05, 3.63) is 28.4 Å². The number of hydrogen-bond acceptors (Lipinski definition) is 2. The van der Waals surface area contributed by atoms with E-state index < -0.39 is 0 Å². The third-order valence-corrected chi connectivity index (χ3v) is 1.54. The Hall–Kier alpha value is -1.12. The van der Waals surface area contributed by atoms with Crippen LogP contribution in [0.2, 0.25) is 0 Å². The van der Waals surface area contributed by atoms with Crippen molar-refractivity contribution in [3.8, 4) is 0 Å². The van der Waals surface area contributed by atoms with Crippen LogP contribution in [0.25, 0.3) is 0 Å². The first-order valence-electron chi connectivity index (χ1n) is 4.40. The molecule has 0 aliphatic rings. The van der Waals surface area contributed by atoms with Gasteiger partial charge in [0.15, 0.2) is 0 Å². The maximum atomic E-state index is 11.4. The van der Waals surface area contributed by atoms with Crippen LogP contribution in [0.15, 0.2) is 17.0 Å². The molecule has 0 amide bonds. The highest BCUT2D eigenvalue weighted by Crippen LogP contribution is 2.09. The maximum Gasteiger partial charge on any atom is 0.348 e. The lowest BCUT2D eigenvalue weighted by Crippen LogP contribution is -2.34. The van der Waals surface area contributed by atoms with E-state index in [9.17, 15) is 4.79 Å². The van der Waals surface area contributed by atoms with Crippen molar-refractivity contribution in [2.75, 3.05) is 0 Å². The summed E-state index contributed by atoms with van der Waals surface area (Å²) in [6.45, 7) is 7.35. The maximum absolute atomic E-state index is 11.4. The summed E-state index contributed by atoms with van der Waals surface area (Å²) >= 11 is 0. The van der Waals surface area contributed by atoms with E-state index in [4.69, 9.17) is 1.37 Å². The van der Waals surface area contributed by atoms with Gasteiger partial charge in [-0.1, -0.05) is 0 Å². The van der Waals surface area contributed by atoms with Crippen LogP contribution in [0.3, 0.4) is 0 Å². The van der Waals surface area contributed by atoms with Gasteiger partial charge in [0.2, 0.25) is 0 Å². The second kappa shape index (κ2) is 2.73. The second-order valence-electron chi connectivity index (χ2n) is 3.82. The molecule has 0 N–H and O–H groups in total. The molecule has 3 heteroatoms. The summed E-state index contributed by atoms with van der Waals surface area (Å²) in [4.78, 5) is 15.2. The van der Waals surface area contributed by atoms with Gasteiger partial charge in [-0.3, -0.25) is 4.57 Å². The SMILES string of the molecule is [2H]c1cc(C)nc(=O)n1C(C)(C)C. The van der Waals surface area contributed by atoms with Crippen LogP contribution in [-0.2, 0) is 5.54 Å². The zero-order valence-corrected chi connectivity index (χ0v) is 7.88. The minimum atomic E-state index is -0.380. The average molecular weight is 167 g/mol. The Kier molecular flexibility index (Phi) is 1.71. The summed E-state index contributed by atoms with van der Waals surface area (Å²) in [6.07, 6.45) is 0.213. The van der Waals surface area contributed by atoms with Crippen molar-refractivity contribution < 1.29 is 1.37 Å². The van der Waals surface area contributed by atoms with Gasteiger partial charge in [-0.05, 0) is 33.8 Å². The molecule has 1 aromatic heterocycles. The first kappa shape index (κ1) is 7.53. The Morgan fingerprint density at radius 3 is 2.58 bits per heavy atom. The number of rotatable bonds is 0. The topological polar surface area (TPSA) is 34.9 Å². The largest absolute Gasteiger partial charge is 0.348 e. The highest BCUT2D eigenvalue weighted by atomic mass is 16.1.